The average molecular weight is 1890 g/mol. The molecule has 0 fully saturated rings. The fraction of sp³-hybridized carbons (Fsp3) is 0.695. The first-order valence-electron chi connectivity index (χ1n) is 47.8. The van der Waals surface area contributed by atoms with E-state index in [0.717, 1.165) is 135 Å². The number of nitrogens with one attached hydrogen (secondary N) is 2. The molecule has 0 saturated heterocycles. The van der Waals surface area contributed by atoms with Crippen LogP contribution in [0.25, 0.3) is 0 Å². The summed E-state index contributed by atoms with van der Waals surface area (Å²) in [6.45, 7) is 115. The Kier molecular flexibility index (Phi) is 109. The predicted molar refractivity (Wildman–Crippen MR) is 560 cm³/mol. The summed E-state index contributed by atoms with van der Waals surface area (Å²) in [5.41, 5.74) is 4.30. The van der Waals surface area contributed by atoms with Gasteiger partial charge in [-0.25, -0.2) is 38.4 Å². The number of esters is 8. The molecule has 0 aliphatic rings. The minimum absolute atomic E-state index is 0.0651. The molecule has 0 unspecified atom stereocenters. The van der Waals surface area contributed by atoms with Gasteiger partial charge in [-0.3, -0.25) is 19.6 Å². The van der Waals surface area contributed by atoms with Crippen molar-refractivity contribution in [3.8, 4) is 0 Å². The number of ether oxygens (including phenoxy) is 9. The van der Waals surface area contributed by atoms with Crippen LogP contribution in [0.5, 0.6) is 0 Å². The van der Waals surface area contributed by atoms with Crippen molar-refractivity contribution in [3.05, 3.63) is 148 Å². The quantitative estimate of drug-likeness (QED) is 0.0143. The van der Waals surface area contributed by atoms with Gasteiger partial charge in [0.25, 0.3) is 0 Å². The van der Waals surface area contributed by atoms with Gasteiger partial charge in [0.05, 0.1) is 0 Å². The van der Waals surface area contributed by atoms with E-state index in [4.69, 9.17) is 42.6 Å². The second-order valence-corrected chi connectivity index (χ2v) is 34.3. The zero-order valence-electron chi connectivity index (χ0n) is 90.7. The highest BCUT2D eigenvalue weighted by Crippen LogP contribution is 2.09. The van der Waals surface area contributed by atoms with Gasteiger partial charge in [-0.2, -0.15) is 0 Å². The number of carbonyl (C=O) groups excluding carboxylic acids is 8. The normalized spacial score (nSPS) is 10.4. The van der Waals surface area contributed by atoms with Crippen molar-refractivity contribution in [3.63, 3.8) is 0 Å². The molecular formula is C105H201N11O17. The number of hydrogen-bond acceptors (Lipinski definition) is 28. The van der Waals surface area contributed by atoms with E-state index in [-0.39, 0.29) is 53.3 Å². The summed E-state index contributed by atoms with van der Waals surface area (Å²) in [7, 11) is 12.0. The van der Waals surface area contributed by atoms with Gasteiger partial charge in [0.2, 0.25) is 0 Å². The lowest BCUT2D eigenvalue weighted by Crippen LogP contribution is -2.39. The number of rotatable bonds is 63. The van der Waals surface area contributed by atoms with E-state index in [9.17, 15) is 38.4 Å². The molecule has 0 aromatic rings. The average Bonchev–Trinajstić information content (AvgIpc) is 0.928. The van der Waals surface area contributed by atoms with Gasteiger partial charge in [0.1, 0.15) is 65.2 Å². The Hall–Kier alpha value is -8.16. The predicted octanol–water partition coefficient (Wildman–Crippen LogP) is 17.2. The van der Waals surface area contributed by atoms with E-state index in [1.54, 1.807) is 40.7 Å². The zero-order valence-corrected chi connectivity index (χ0v) is 90.7. The van der Waals surface area contributed by atoms with Crippen LogP contribution in [0.1, 0.15) is 231 Å². The van der Waals surface area contributed by atoms with Gasteiger partial charge in [-0.05, 0) is 263 Å². The third-order valence-corrected chi connectivity index (χ3v) is 18.2. The molecule has 0 saturated carbocycles. The van der Waals surface area contributed by atoms with Crippen LogP contribution in [0.3, 0.4) is 0 Å². The van der Waals surface area contributed by atoms with E-state index >= 15 is 0 Å². The number of likely N-dealkylation sites (N-methyl/N-ethyl adjacent to an activating group) is 4. The minimum Gasteiger partial charge on any atom is -0.493 e. The Morgan fingerprint density at radius 3 is 0.759 bits per heavy atom. The molecule has 133 heavy (non-hydrogen) atoms. The van der Waals surface area contributed by atoms with E-state index < -0.39 is 0 Å². The maximum absolute atomic E-state index is 11.2. The van der Waals surface area contributed by atoms with E-state index in [2.05, 4.69) is 274 Å². The van der Waals surface area contributed by atoms with Crippen molar-refractivity contribution in [1.82, 2.24) is 54.7 Å². The molecule has 0 amide bonds. The maximum Gasteiger partial charge on any atom is 0.333 e. The first kappa shape index (κ1) is 145. The highest BCUT2D eigenvalue weighted by Gasteiger charge is 2.17. The number of nitrogens with zero attached hydrogens (tertiary/aromatic N) is 9. The lowest BCUT2D eigenvalue weighted by atomic mass is 10.1. The third kappa shape index (κ3) is 114. The van der Waals surface area contributed by atoms with Crippen LogP contribution >= 0.6 is 0 Å². The zero-order chi connectivity index (χ0) is 105. The molecule has 28 heteroatoms. The van der Waals surface area contributed by atoms with E-state index in [0.29, 0.717) is 124 Å². The van der Waals surface area contributed by atoms with Gasteiger partial charge in [0, 0.05) is 147 Å². The Morgan fingerprint density at radius 1 is 0.293 bits per heavy atom. The standard InChI is InChI=1S/C14H27NO2.C13H25NO2.C12H23NO2.C11H21NO2.C10H20N2.2C10H19NO2.C9H17NO2.C8H15NO2.C8H15NO/c1-5-7-9-15(10-8-6-2)11-12-17-14(16)13(3)4;1-4-7-9-14(10-8-5-2)11-12-16-13(15)6-3;1-9(2)12(14)15-8-7-13(10(3)4)11(5)6;1-6-11(13)14-8-7-12(9(2)3)10(4)5;1-9(2)10(3)11-7-6-8-12(4)5;1-8(2)9(12)13-7-6-11-10(3,4)5;1-5-11(6-2)7-8-13-10(12)9(3)4;1-4-9(11)12-8-7-10(5-2)6-3;1-7(2)8(10)11-6-5-9(3)4;1-5-8(2)10-7-6-9(3)4/h3,5-12H2,1-2,4H3;6H,3-5,7-12H2,1-2H3;10-11H,1,7-8H2,2-6H3;6,9-10H,1,7-8H2,2-5H3;11H,1,3,6-8H2,2,4-5H3;11H,1,6-7H2,2-5H3;3,5-8H2,1-2,4H3;4H,1,5-8H2,2-3H3;1,5-6H2,2-4H3;5H,1-2,6-7H2,3-4H3. The molecular weight excluding hydrogens is 1690 g/mol. The summed E-state index contributed by atoms with van der Waals surface area (Å²) in [6.07, 6.45) is 16.0. The van der Waals surface area contributed by atoms with Crippen LogP contribution < -0.4 is 10.6 Å². The first-order chi connectivity index (χ1) is 62.1. The van der Waals surface area contributed by atoms with Gasteiger partial charge in [0.15, 0.2) is 0 Å². The molecule has 0 aliphatic carbocycles. The number of allylic oxidation sites excluding steroid dienone is 2. The first-order valence-corrected chi connectivity index (χ1v) is 47.8. The Balaban J connectivity index is -0.000000159. The van der Waals surface area contributed by atoms with Crippen LogP contribution in [0.15, 0.2) is 148 Å². The van der Waals surface area contributed by atoms with Gasteiger partial charge in [-0.1, -0.05) is 160 Å². The summed E-state index contributed by atoms with van der Waals surface area (Å²) in [5.74, 6) is -1.90. The lowest BCUT2D eigenvalue weighted by molar-refractivity contribution is -0.140. The van der Waals surface area contributed by atoms with Crippen molar-refractivity contribution >= 4 is 47.8 Å². The van der Waals surface area contributed by atoms with Crippen molar-refractivity contribution in [1.29, 1.82) is 0 Å². The Morgan fingerprint density at radius 2 is 0.534 bits per heavy atom. The molecule has 0 heterocycles. The summed E-state index contributed by atoms with van der Waals surface area (Å²) in [5, 5.41) is 6.43. The van der Waals surface area contributed by atoms with Crippen LogP contribution in [0, 0.1) is 0 Å². The van der Waals surface area contributed by atoms with Crippen LogP contribution in [-0.2, 0) is 81.0 Å². The molecule has 0 aromatic carbocycles. The molecule has 2 N–H and O–H groups in total. The number of hydrogen-bond donors (Lipinski definition) is 2. The summed E-state index contributed by atoms with van der Waals surface area (Å²) < 4.78 is 44.7. The van der Waals surface area contributed by atoms with Crippen molar-refractivity contribution < 1.29 is 81.0 Å². The Labute approximate surface area is 814 Å². The van der Waals surface area contributed by atoms with Crippen molar-refractivity contribution in [2.45, 2.75) is 261 Å². The highest BCUT2D eigenvalue weighted by atomic mass is 16.6. The second-order valence-electron chi connectivity index (χ2n) is 34.3. The maximum atomic E-state index is 11.2. The van der Waals surface area contributed by atoms with Crippen LogP contribution in [0.4, 0.5) is 0 Å². The van der Waals surface area contributed by atoms with Crippen molar-refractivity contribution in [2.75, 3.05) is 226 Å². The molecule has 0 atom stereocenters. The van der Waals surface area contributed by atoms with E-state index in [1.165, 1.54) is 69.6 Å². The topological polar surface area (TPSA) is 273 Å². The minimum atomic E-state index is -0.350. The molecule has 0 rings (SSSR count). The molecule has 0 spiro atoms. The molecule has 0 radical (unpaired) electrons. The molecule has 28 nitrogen and oxygen atoms in total. The third-order valence-electron chi connectivity index (χ3n) is 18.2. The lowest BCUT2D eigenvalue weighted by Gasteiger charge is -2.30. The number of unbranched alkanes of at least 4 members (excludes halogenated alkanes) is 4. The summed E-state index contributed by atoms with van der Waals surface area (Å²) in [6, 6.07) is 1.87. The van der Waals surface area contributed by atoms with Gasteiger partial charge >= 0.3 is 47.8 Å². The van der Waals surface area contributed by atoms with Crippen molar-refractivity contribution in [2.24, 2.45) is 0 Å². The fourth-order valence-electron chi connectivity index (χ4n) is 9.97. The number of carbonyl (C=O) groups is 8. The van der Waals surface area contributed by atoms with Gasteiger partial charge in [-0.15, -0.1) is 0 Å². The summed E-state index contributed by atoms with van der Waals surface area (Å²) >= 11 is 0. The smallest absolute Gasteiger partial charge is 0.333 e. The largest absolute Gasteiger partial charge is 0.493 e. The monoisotopic (exact) mass is 1890 g/mol. The van der Waals surface area contributed by atoms with Crippen LogP contribution in [-0.4, -0.2) is 348 Å². The molecule has 0 aromatic heterocycles. The van der Waals surface area contributed by atoms with Gasteiger partial charge < -0.3 is 77.8 Å². The van der Waals surface area contributed by atoms with E-state index in [1.807, 2.05) is 40.0 Å². The Bertz CT molecular complexity index is 3070. The fourth-order valence-corrected chi connectivity index (χ4v) is 9.97. The highest BCUT2D eigenvalue weighted by molar-refractivity contribution is 5.88. The molecule has 0 aliphatic heterocycles. The second kappa shape index (κ2) is 99.8. The van der Waals surface area contributed by atoms with Crippen LogP contribution in [0.2, 0.25) is 0 Å². The molecule has 778 valence electrons. The SMILES string of the molecule is C=C(C)C(=C)NCCCN(C)C.C=C(C)C(=O)OCCN(C(C)C)C(C)C.C=C(C)C(=O)OCCN(C)C.C=C(C)C(=O)OCCN(CC)CC.C=C(C)C(=O)OCCN(CCCC)CCCC.C=C(C)C(=O)OCCNC(C)(C)C.C=CC(=C)OCCN(C)C.C=CC(=O)OCCN(C(C)C)C(C)C.C=CC(=O)OCCN(CC)CC.C=CC(=O)OCCN(CCCC)CCCC. The molecule has 0 bridgehead atoms. The summed E-state index contributed by atoms with van der Waals surface area (Å²) in [4.78, 5) is 107.